The molecule has 1 atom stereocenters. The highest BCUT2D eigenvalue weighted by atomic mass is 15.3. The Labute approximate surface area is 92.1 Å². The van der Waals surface area contributed by atoms with Gasteiger partial charge in [0.2, 0.25) is 0 Å². The second kappa shape index (κ2) is 6.56. The van der Waals surface area contributed by atoms with Crippen molar-refractivity contribution in [3.05, 3.63) is 12.2 Å². The van der Waals surface area contributed by atoms with Gasteiger partial charge in [0.05, 0.1) is 6.54 Å². The fourth-order valence-electron chi connectivity index (χ4n) is 1.55. The van der Waals surface area contributed by atoms with Crippen molar-refractivity contribution >= 4 is 0 Å². The fraction of sp³-hybridized carbons (Fsp3) is 0.818. The summed E-state index contributed by atoms with van der Waals surface area (Å²) in [5, 5.41) is 7.50. The Morgan fingerprint density at radius 3 is 2.87 bits per heavy atom. The molecule has 0 aromatic carbocycles. The van der Waals surface area contributed by atoms with Gasteiger partial charge in [0.25, 0.3) is 0 Å². The van der Waals surface area contributed by atoms with Gasteiger partial charge in [-0.05, 0) is 13.3 Å². The standard InChI is InChI=1S/C11H22N4/c1-4-5-6-7-10(2)12-8-11-13-9-14-15(11)3/h9-10,12H,4-8H2,1-3H3. The van der Waals surface area contributed by atoms with Crippen molar-refractivity contribution in [2.75, 3.05) is 0 Å². The number of nitrogens with zero attached hydrogens (tertiary/aromatic N) is 3. The molecule has 0 fully saturated rings. The van der Waals surface area contributed by atoms with E-state index in [1.807, 2.05) is 11.7 Å². The number of nitrogens with one attached hydrogen (secondary N) is 1. The third-order valence-electron chi connectivity index (χ3n) is 2.65. The number of hydrogen-bond acceptors (Lipinski definition) is 3. The van der Waals surface area contributed by atoms with Crippen LogP contribution in [0.25, 0.3) is 0 Å². The fourth-order valence-corrected chi connectivity index (χ4v) is 1.55. The zero-order valence-corrected chi connectivity index (χ0v) is 10.0. The average Bonchev–Trinajstić information content (AvgIpc) is 2.61. The highest BCUT2D eigenvalue weighted by molar-refractivity contribution is 4.82. The Morgan fingerprint density at radius 1 is 1.47 bits per heavy atom. The lowest BCUT2D eigenvalue weighted by Crippen LogP contribution is -2.26. The lowest BCUT2D eigenvalue weighted by molar-refractivity contribution is 0.473. The topological polar surface area (TPSA) is 42.7 Å². The van der Waals surface area contributed by atoms with Crippen LogP contribution in [0.4, 0.5) is 0 Å². The Hall–Kier alpha value is -0.900. The van der Waals surface area contributed by atoms with Crippen molar-refractivity contribution in [2.45, 2.75) is 52.1 Å². The van der Waals surface area contributed by atoms with Gasteiger partial charge >= 0.3 is 0 Å². The lowest BCUT2D eigenvalue weighted by atomic mass is 10.1. The van der Waals surface area contributed by atoms with Crippen LogP contribution in [0.2, 0.25) is 0 Å². The number of rotatable bonds is 7. The summed E-state index contributed by atoms with van der Waals surface area (Å²) in [5.74, 6) is 0.998. The molecule has 0 bridgehead atoms. The molecule has 1 N–H and O–H groups in total. The largest absolute Gasteiger partial charge is 0.307 e. The van der Waals surface area contributed by atoms with Crippen LogP contribution in [0, 0.1) is 0 Å². The molecule has 86 valence electrons. The Balaban J connectivity index is 2.16. The smallest absolute Gasteiger partial charge is 0.140 e. The minimum absolute atomic E-state index is 0.563. The van der Waals surface area contributed by atoms with Gasteiger partial charge < -0.3 is 5.32 Å². The molecular formula is C11H22N4. The van der Waals surface area contributed by atoms with Crippen LogP contribution >= 0.6 is 0 Å². The van der Waals surface area contributed by atoms with Crippen LogP contribution in [0.15, 0.2) is 6.33 Å². The highest BCUT2D eigenvalue weighted by Gasteiger charge is 2.04. The quantitative estimate of drug-likeness (QED) is 0.699. The van der Waals surface area contributed by atoms with Crippen molar-refractivity contribution in [3.63, 3.8) is 0 Å². The van der Waals surface area contributed by atoms with E-state index in [4.69, 9.17) is 0 Å². The summed E-state index contributed by atoms with van der Waals surface area (Å²) in [7, 11) is 1.92. The van der Waals surface area contributed by atoms with Gasteiger partial charge in [-0.25, -0.2) is 4.98 Å². The third kappa shape index (κ3) is 4.42. The van der Waals surface area contributed by atoms with Crippen LogP contribution in [-0.4, -0.2) is 20.8 Å². The minimum Gasteiger partial charge on any atom is -0.307 e. The van der Waals surface area contributed by atoms with E-state index in [0.717, 1.165) is 12.4 Å². The molecule has 1 aromatic rings. The van der Waals surface area contributed by atoms with E-state index in [1.54, 1.807) is 6.33 Å². The van der Waals surface area contributed by atoms with E-state index < -0.39 is 0 Å². The molecule has 4 nitrogen and oxygen atoms in total. The van der Waals surface area contributed by atoms with E-state index in [9.17, 15) is 0 Å². The SMILES string of the molecule is CCCCCC(C)NCc1ncnn1C. The summed E-state index contributed by atoms with van der Waals surface area (Å²) in [5.41, 5.74) is 0. The van der Waals surface area contributed by atoms with Gasteiger partial charge in [-0.2, -0.15) is 5.10 Å². The van der Waals surface area contributed by atoms with E-state index >= 15 is 0 Å². The van der Waals surface area contributed by atoms with Gasteiger partial charge in [0.15, 0.2) is 0 Å². The van der Waals surface area contributed by atoms with Gasteiger partial charge in [0.1, 0.15) is 12.2 Å². The van der Waals surface area contributed by atoms with Crippen molar-refractivity contribution in [1.29, 1.82) is 0 Å². The molecule has 0 saturated carbocycles. The van der Waals surface area contributed by atoms with Crippen LogP contribution in [0.5, 0.6) is 0 Å². The first-order valence-electron chi connectivity index (χ1n) is 5.80. The van der Waals surface area contributed by atoms with Crippen LogP contribution in [0.1, 0.15) is 45.4 Å². The molecule has 0 aliphatic heterocycles. The number of aryl methyl sites for hydroxylation is 1. The van der Waals surface area contributed by atoms with Crippen molar-refractivity contribution in [1.82, 2.24) is 20.1 Å². The maximum atomic E-state index is 4.17. The molecule has 0 aliphatic carbocycles. The second-order valence-corrected chi connectivity index (χ2v) is 4.08. The minimum atomic E-state index is 0.563. The zero-order valence-electron chi connectivity index (χ0n) is 10.0. The molecule has 0 aliphatic rings. The Kier molecular flexibility index (Phi) is 5.32. The van der Waals surface area contributed by atoms with Crippen molar-refractivity contribution in [3.8, 4) is 0 Å². The molecule has 4 heteroatoms. The molecule has 1 rings (SSSR count). The molecule has 0 saturated heterocycles. The third-order valence-corrected chi connectivity index (χ3v) is 2.65. The van der Waals surface area contributed by atoms with E-state index in [1.165, 1.54) is 25.7 Å². The van der Waals surface area contributed by atoms with Gasteiger partial charge in [-0.3, -0.25) is 4.68 Å². The summed E-state index contributed by atoms with van der Waals surface area (Å²) in [4.78, 5) is 4.17. The van der Waals surface area contributed by atoms with E-state index in [2.05, 4.69) is 29.2 Å². The first-order valence-corrected chi connectivity index (χ1v) is 5.80. The first-order chi connectivity index (χ1) is 7.24. The number of hydrogen-bond donors (Lipinski definition) is 1. The van der Waals surface area contributed by atoms with Crippen LogP contribution in [0.3, 0.4) is 0 Å². The molecule has 0 amide bonds. The zero-order chi connectivity index (χ0) is 11.1. The monoisotopic (exact) mass is 210 g/mol. The predicted molar refractivity (Wildman–Crippen MR) is 61.4 cm³/mol. The highest BCUT2D eigenvalue weighted by Crippen LogP contribution is 2.03. The maximum absolute atomic E-state index is 4.17. The molecule has 1 unspecified atom stereocenters. The predicted octanol–water partition coefficient (Wildman–Crippen LogP) is 1.87. The normalized spacial score (nSPS) is 13.0. The summed E-state index contributed by atoms with van der Waals surface area (Å²) in [6.45, 7) is 5.27. The molecule has 15 heavy (non-hydrogen) atoms. The van der Waals surface area contributed by atoms with E-state index in [-0.39, 0.29) is 0 Å². The second-order valence-electron chi connectivity index (χ2n) is 4.08. The Bertz CT molecular complexity index is 269. The van der Waals surface area contributed by atoms with Gasteiger partial charge in [-0.1, -0.05) is 26.2 Å². The van der Waals surface area contributed by atoms with Crippen molar-refractivity contribution in [2.24, 2.45) is 7.05 Å². The summed E-state index contributed by atoms with van der Waals surface area (Å²) in [6, 6.07) is 0.563. The number of aromatic nitrogens is 3. The maximum Gasteiger partial charge on any atom is 0.140 e. The Morgan fingerprint density at radius 2 is 2.27 bits per heavy atom. The summed E-state index contributed by atoms with van der Waals surface area (Å²) >= 11 is 0. The summed E-state index contributed by atoms with van der Waals surface area (Å²) in [6.07, 6.45) is 6.76. The first kappa shape index (κ1) is 12.2. The molecular weight excluding hydrogens is 188 g/mol. The average molecular weight is 210 g/mol. The molecule has 1 heterocycles. The molecule has 0 spiro atoms. The van der Waals surface area contributed by atoms with Crippen LogP contribution < -0.4 is 5.32 Å². The molecule has 0 radical (unpaired) electrons. The number of unbranched alkanes of at least 4 members (excludes halogenated alkanes) is 2. The van der Waals surface area contributed by atoms with E-state index in [0.29, 0.717) is 6.04 Å². The summed E-state index contributed by atoms with van der Waals surface area (Å²) < 4.78 is 1.81. The van der Waals surface area contributed by atoms with Crippen molar-refractivity contribution < 1.29 is 0 Å². The molecule has 1 aromatic heterocycles. The van der Waals surface area contributed by atoms with Gasteiger partial charge in [0, 0.05) is 13.1 Å². The van der Waals surface area contributed by atoms with Crippen LogP contribution in [-0.2, 0) is 13.6 Å². The van der Waals surface area contributed by atoms with Gasteiger partial charge in [-0.15, -0.1) is 0 Å². The lowest BCUT2D eigenvalue weighted by Gasteiger charge is -2.12.